The highest BCUT2D eigenvalue weighted by Gasteiger charge is 2.19. The topological polar surface area (TPSA) is 114 Å². The maximum atomic E-state index is 8.89. The number of hydrogen-bond acceptors (Lipinski definition) is 6. The predicted molar refractivity (Wildman–Crippen MR) is 70.5 cm³/mol. The van der Waals surface area contributed by atoms with Gasteiger partial charge in [0.05, 0.1) is 17.9 Å². The summed E-state index contributed by atoms with van der Waals surface area (Å²) in [5.74, 6) is 0.193. The van der Waals surface area contributed by atoms with Gasteiger partial charge >= 0.3 is 0 Å². The largest absolute Gasteiger partial charge is 0.476 e. The van der Waals surface area contributed by atoms with Crippen LogP contribution in [0.4, 0.5) is 0 Å². The first kappa shape index (κ1) is 15.2. The Kier molecular flexibility index (Phi) is 6.01. The van der Waals surface area contributed by atoms with Crippen LogP contribution in [0, 0.1) is 0 Å². The highest BCUT2D eigenvalue weighted by molar-refractivity contribution is 6.00. The van der Waals surface area contributed by atoms with E-state index >= 15 is 0 Å². The average Bonchev–Trinajstić information content (AvgIpc) is 2.45. The summed E-state index contributed by atoms with van der Waals surface area (Å²) < 4.78 is 5.44. The van der Waals surface area contributed by atoms with E-state index in [2.05, 4.69) is 15.4 Å². The molecule has 0 aliphatic carbocycles. The molecule has 0 atom stereocenters. The molecule has 0 fully saturated rings. The third-order valence-corrected chi connectivity index (χ3v) is 2.72. The number of nitrogens with two attached hydrogens (primary N) is 1. The Morgan fingerprint density at radius 1 is 1.32 bits per heavy atom. The van der Waals surface area contributed by atoms with Crippen LogP contribution in [0.5, 0.6) is 5.88 Å². The molecule has 0 bridgehead atoms. The second-order valence-corrected chi connectivity index (χ2v) is 3.92. The molecule has 1 rings (SSSR count). The molecule has 7 heteroatoms. The van der Waals surface area contributed by atoms with Gasteiger partial charge in [0, 0.05) is 13.0 Å². The highest BCUT2D eigenvalue weighted by atomic mass is 16.5. The van der Waals surface area contributed by atoms with Gasteiger partial charge < -0.3 is 20.8 Å². The van der Waals surface area contributed by atoms with Crippen molar-refractivity contribution >= 4 is 5.84 Å². The minimum Gasteiger partial charge on any atom is -0.476 e. The van der Waals surface area contributed by atoms with Crippen LogP contribution in [-0.4, -0.2) is 39.6 Å². The zero-order valence-corrected chi connectivity index (χ0v) is 11.3. The molecular weight excluding hydrogens is 248 g/mol. The van der Waals surface area contributed by atoms with E-state index in [0.29, 0.717) is 31.4 Å². The summed E-state index contributed by atoms with van der Waals surface area (Å²) in [5.41, 5.74) is 7.86. The predicted octanol–water partition coefficient (Wildman–Crippen LogP) is 0.457. The van der Waals surface area contributed by atoms with Gasteiger partial charge in [0.1, 0.15) is 0 Å². The molecular formula is C12H20N4O3. The number of aryl methyl sites for hydroxylation is 1. The van der Waals surface area contributed by atoms with Crippen molar-refractivity contribution in [3.8, 4) is 5.88 Å². The Labute approximate surface area is 112 Å². The van der Waals surface area contributed by atoms with Crippen LogP contribution < -0.4 is 10.5 Å². The van der Waals surface area contributed by atoms with E-state index in [-0.39, 0.29) is 18.3 Å². The number of oxime groups is 1. The first-order chi connectivity index (χ1) is 9.19. The molecule has 0 spiro atoms. The van der Waals surface area contributed by atoms with Gasteiger partial charge in [-0.25, -0.2) is 0 Å². The lowest BCUT2D eigenvalue weighted by molar-refractivity contribution is 0.227. The molecule has 4 N–H and O–H groups in total. The molecule has 0 unspecified atom stereocenters. The molecule has 0 saturated carbocycles. The lowest BCUT2D eigenvalue weighted by atomic mass is 10.0. The van der Waals surface area contributed by atoms with Crippen molar-refractivity contribution in [3.05, 3.63) is 16.8 Å². The maximum absolute atomic E-state index is 8.89. The van der Waals surface area contributed by atoms with Gasteiger partial charge in [-0.2, -0.15) is 5.10 Å². The molecule has 1 heterocycles. The number of aromatic nitrogens is 2. The van der Waals surface area contributed by atoms with Crippen molar-refractivity contribution in [1.82, 2.24) is 10.2 Å². The number of rotatable bonds is 7. The summed E-state index contributed by atoms with van der Waals surface area (Å²) in [6.45, 7) is 4.25. The molecule has 1 aromatic rings. The Bertz CT molecular complexity index is 449. The number of amidine groups is 1. The normalized spacial score (nSPS) is 11.6. The Balaban J connectivity index is 3.22. The summed E-state index contributed by atoms with van der Waals surface area (Å²) in [6, 6.07) is 0. The minimum absolute atomic E-state index is 0.0278. The van der Waals surface area contributed by atoms with E-state index in [9.17, 15) is 0 Å². The van der Waals surface area contributed by atoms with Crippen molar-refractivity contribution < 1.29 is 15.1 Å². The second-order valence-electron chi connectivity index (χ2n) is 3.92. The number of aliphatic hydroxyl groups excluding tert-OH is 1. The number of ether oxygens (including phenoxy) is 1. The van der Waals surface area contributed by atoms with Crippen molar-refractivity contribution in [2.24, 2.45) is 10.9 Å². The lowest BCUT2D eigenvalue weighted by Crippen LogP contribution is -2.20. The lowest BCUT2D eigenvalue weighted by Gasteiger charge is -2.14. The zero-order valence-electron chi connectivity index (χ0n) is 11.3. The van der Waals surface area contributed by atoms with Crippen molar-refractivity contribution in [2.45, 2.75) is 33.1 Å². The first-order valence-electron chi connectivity index (χ1n) is 6.29. The third-order valence-electron chi connectivity index (χ3n) is 2.72. The maximum Gasteiger partial charge on any atom is 0.244 e. The molecule has 0 saturated heterocycles. The van der Waals surface area contributed by atoms with Crippen LogP contribution in [0.2, 0.25) is 0 Å². The SMILES string of the molecule is CCc1nnc(OCCCO)c(C(N)=NO)c1CC. The molecule has 0 aliphatic rings. The van der Waals surface area contributed by atoms with Gasteiger partial charge in [-0.05, 0) is 18.4 Å². The number of hydrogen-bond donors (Lipinski definition) is 3. The third kappa shape index (κ3) is 3.54. The standard InChI is InChI=1S/C12H20N4O3/c1-3-8-9(4-2)14-15-12(19-7-5-6-17)10(8)11(13)16-18/h17-18H,3-7H2,1-2H3,(H2,13,16). The van der Waals surface area contributed by atoms with Gasteiger partial charge in [0.25, 0.3) is 0 Å². The van der Waals surface area contributed by atoms with Crippen LogP contribution in [0.15, 0.2) is 5.16 Å². The van der Waals surface area contributed by atoms with E-state index in [1.54, 1.807) is 0 Å². The first-order valence-corrected chi connectivity index (χ1v) is 6.29. The molecule has 1 aromatic heterocycles. The van der Waals surface area contributed by atoms with Gasteiger partial charge in [-0.1, -0.05) is 19.0 Å². The summed E-state index contributed by atoms with van der Waals surface area (Å²) in [7, 11) is 0. The fourth-order valence-electron chi connectivity index (χ4n) is 1.80. The van der Waals surface area contributed by atoms with Crippen molar-refractivity contribution in [2.75, 3.05) is 13.2 Å². The van der Waals surface area contributed by atoms with E-state index in [1.165, 1.54) is 0 Å². The molecule has 7 nitrogen and oxygen atoms in total. The smallest absolute Gasteiger partial charge is 0.244 e. The number of aliphatic hydroxyl groups is 1. The van der Waals surface area contributed by atoms with Crippen molar-refractivity contribution in [1.29, 1.82) is 0 Å². The van der Waals surface area contributed by atoms with E-state index in [1.807, 2.05) is 13.8 Å². The molecule has 0 aliphatic heterocycles. The Hall–Kier alpha value is -1.89. The van der Waals surface area contributed by atoms with Crippen molar-refractivity contribution in [3.63, 3.8) is 0 Å². The summed E-state index contributed by atoms with van der Waals surface area (Å²) in [4.78, 5) is 0. The van der Waals surface area contributed by atoms with E-state index in [0.717, 1.165) is 11.3 Å². The highest BCUT2D eigenvalue weighted by Crippen LogP contribution is 2.22. The van der Waals surface area contributed by atoms with Crippen LogP contribution in [0.3, 0.4) is 0 Å². The molecule has 0 aromatic carbocycles. The van der Waals surface area contributed by atoms with Crippen LogP contribution in [0.25, 0.3) is 0 Å². The quantitative estimate of drug-likeness (QED) is 0.217. The summed E-state index contributed by atoms with van der Waals surface area (Å²) in [6.07, 6.45) is 1.87. The van der Waals surface area contributed by atoms with Crippen LogP contribution in [0.1, 0.15) is 37.1 Å². The minimum atomic E-state index is -0.0413. The second kappa shape index (κ2) is 7.52. The fourth-order valence-corrected chi connectivity index (χ4v) is 1.80. The molecule has 19 heavy (non-hydrogen) atoms. The Morgan fingerprint density at radius 3 is 2.58 bits per heavy atom. The summed E-state index contributed by atoms with van der Waals surface area (Å²) in [5, 5.41) is 28.7. The molecule has 0 radical (unpaired) electrons. The van der Waals surface area contributed by atoms with Crippen LogP contribution >= 0.6 is 0 Å². The molecule has 106 valence electrons. The van der Waals surface area contributed by atoms with E-state index in [4.69, 9.17) is 20.8 Å². The van der Waals surface area contributed by atoms with Gasteiger partial charge in [-0.3, -0.25) is 0 Å². The van der Waals surface area contributed by atoms with E-state index < -0.39 is 0 Å². The van der Waals surface area contributed by atoms with Gasteiger partial charge in [0.2, 0.25) is 5.88 Å². The van der Waals surface area contributed by atoms with Gasteiger partial charge in [0.15, 0.2) is 5.84 Å². The summed E-state index contributed by atoms with van der Waals surface area (Å²) >= 11 is 0. The number of nitrogens with zero attached hydrogens (tertiary/aromatic N) is 3. The monoisotopic (exact) mass is 268 g/mol. The average molecular weight is 268 g/mol. The fraction of sp³-hybridized carbons (Fsp3) is 0.583. The van der Waals surface area contributed by atoms with Crippen LogP contribution in [-0.2, 0) is 12.8 Å². The van der Waals surface area contributed by atoms with Gasteiger partial charge in [-0.15, -0.1) is 5.10 Å². The zero-order chi connectivity index (χ0) is 14.3. The Morgan fingerprint density at radius 2 is 2.05 bits per heavy atom. The molecule has 0 amide bonds.